The average molecular weight is 534 g/mol. The Kier molecular flexibility index (Phi) is 9.58. The normalized spacial score (nSPS) is 18.2. The lowest BCUT2D eigenvalue weighted by atomic mass is 9.82. The molecule has 2 aromatic rings. The number of nitrogens with one attached hydrogen (secondary N) is 2. The Morgan fingerprint density at radius 1 is 1.13 bits per heavy atom. The van der Waals surface area contributed by atoms with Crippen molar-refractivity contribution in [2.45, 2.75) is 37.9 Å². The minimum absolute atomic E-state index is 0.0189. The topological polar surface area (TPSA) is 121 Å². The average Bonchev–Trinajstić information content (AvgIpc) is 2.90. The number of alkyl halides is 3. The predicted molar refractivity (Wildman–Crippen MR) is 133 cm³/mol. The highest BCUT2D eigenvalue weighted by Gasteiger charge is 2.35. The number of halogens is 3. The van der Waals surface area contributed by atoms with Crippen molar-refractivity contribution >= 4 is 17.6 Å². The molecule has 3 rings (SSSR count). The van der Waals surface area contributed by atoms with Crippen molar-refractivity contribution in [3.63, 3.8) is 0 Å². The van der Waals surface area contributed by atoms with Gasteiger partial charge in [0.25, 0.3) is 5.91 Å². The van der Waals surface area contributed by atoms with Crippen molar-refractivity contribution in [1.29, 1.82) is 5.26 Å². The minimum atomic E-state index is -4.76. The van der Waals surface area contributed by atoms with Crippen LogP contribution in [0.15, 0.2) is 36.4 Å². The molecule has 1 aliphatic carbocycles. The maximum absolute atomic E-state index is 14.1. The van der Waals surface area contributed by atoms with Gasteiger partial charge in [-0.2, -0.15) is 18.4 Å². The van der Waals surface area contributed by atoms with Crippen LogP contribution in [0.3, 0.4) is 0 Å². The van der Waals surface area contributed by atoms with Crippen molar-refractivity contribution in [1.82, 2.24) is 5.32 Å². The fourth-order valence-electron chi connectivity index (χ4n) is 4.64. The summed E-state index contributed by atoms with van der Waals surface area (Å²) in [5, 5.41) is 23.9. The van der Waals surface area contributed by atoms with Crippen molar-refractivity contribution in [3.05, 3.63) is 58.7 Å². The molecule has 38 heavy (non-hydrogen) atoms. The number of nitriles is 1. The van der Waals surface area contributed by atoms with Crippen LogP contribution in [-0.4, -0.2) is 44.4 Å². The van der Waals surface area contributed by atoms with Gasteiger partial charge in [-0.1, -0.05) is 0 Å². The summed E-state index contributed by atoms with van der Waals surface area (Å²) in [6.07, 6.45) is -2.47. The quantitative estimate of drug-likeness (QED) is 0.393. The molecule has 11 heteroatoms. The summed E-state index contributed by atoms with van der Waals surface area (Å²) in [5.74, 6) is -1.41. The Hall–Kier alpha value is -3.78. The summed E-state index contributed by atoms with van der Waals surface area (Å²) < 4.78 is 52.7. The molecular weight excluding hydrogens is 503 g/mol. The van der Waals surface area contributed by atoms with Gasteiger partial charge in [0.15, 0.2) is 0 Å². The molecule has 0 bridgehead atoms. The van der Waals surface area contributed by atoms with E-state index in [0.29, 0.717) is 42.6 Å². The summed E-state index contributed by atoms with van der Waals surface area (Å²) in [6.45, 7) is 0.242. The molecule has 1 atom stereocenters. The smallest absolute Gasteiger partial charge is 0.418 e. The second-order valence-corrected chi connectivity index (χ2v) is 9.24. The molecule has 0 heterocycles. The predicted octanol–water partition coefficient (Wildman–Crippen LogP) is 5.01. The summed E-state index contributed by atoms with van der Waals surface area (Å²) in [6, 6.07) is 9.14. The number of hydrogen-bond donors (Lipinski definition) is 3. The lowest BCUT2D eigenvalue weighted by Crippen LogP contribution is -2.32. The number of anilines is 1. The maximum atomic E-state index is 14.1. The molecule has 0 saturated heterocycles. The third-order valence-corrected chi connectivity index (χ3v) is 6.73. The number of ether oxygens (including phenoxy) is 2. The van der Waals surface area contributed by atoms with Gasteiger partial charge in [0.1, 0.15) is 5.75 Å². The molecule has 1 saturated carbocycles. The maximum Gasteiger partial charge on any atom is 0.418 e. The minimum Gasteiger partial charge on any atom is -0.496 e. The van der Waals surface area contributed by atoms with Gasteiger partial charge in [-0.3, -0.25) is 9.59 Å². The Labute approximate surface area is 218 Å². The molecule has 1 fully saturated rings. The zero-order chi connectivity index (χ0) is 27.9. The van der Waals surface area contributed by atoms with Gasteiger partial charge in [0, 0.05) is 30.5 Å². The second kappa shape index (κ2) is 12.6. The van der Waals surface area contributed by atoms with Gasteiger partial charge in [0.05, 0.1) is 42.9 Å². The highest BCUT2D eigenvalue weighted by atomic mass is 19.4. The molecule has 204 valence electrons. The number of hydrogen-bond acceptors (Lipinski definition) is 6. The Bertz CT molecular complexity index is 1190. The van der Waals surface area contributed by atoms with E-state index in [-0.39, 0.29) is 36.2 Å². The Morgan fingerprint density at radius 3 is 2.42 bits per heavy atom. The summed E-state index contributed by atoms with van der Waals surface area (Å²) >= 11 is 0. The van der Waals surface area contributed by atoms with Crippen molar-refractivity contribution < 1.29 is 37.3 Å². The highest BCUT2D eigenvalue weighted by Crippen LogP contribution is 2.38. The first-order valence-corrected chi connectivity index (χ1v) is 12.1. The van der Waals surface area contributed by atoms with Crippen LogP contribution in [-0.2, 0) is 15.7 Å². The molecular formula is C27H30F3N3O5. The molecule has 0 aromatic heterocycles. The molecule has 8 nitrogen and oxygen atoms in total. The van der Waals surface area contributed by atoms with Crippen LogP contribution in [0.1, 0.15) is 58.8 Å². The number of carboxylic acids is 1. The third kappa shape index (κ3) is 7.16. The van der Waals surface area contributed by atoms with Crippen LogP contribution >= 0.6 is 0 Å². The first-order valence-electron chi connectivity index (χ1n) is 12.1. The summed E-state index contributed by atoms with van der Waals surface area (Å²) in [5.41, 5.74) is -0.672. The van der Waals surface area contributed by atoms with Gasteiger partial charge in [-0.05, 0) is 68.0 Å². The van der Waals surface area contributed by atoms with Gasteiger partial charge < -0.3 is 25.2 Å². The molecule has 0 radical (unpaired) electrons. The number of benzene rings is 2. The van der Waals surface area contributed by atoms with Gasteiger partial charge in [-0.15, -0.1) is 0 Å². The fraction of sp³-hybridized carbons (Fsp3) is 0.444. The number of aliphatic carboxylic acids is 1. The van der Waals surface area contributed by atoms with Crippen LogP contribution < -0.4 is 15.4 Å². The summed E-state index contributed by atoms with van der Waals surface area (Å²) in [7, 11) is 2.82. The van der Waals surface area contributed by atoms with E-state index in [1.54, 1.807) is 12.1 Å². The number of carboxylic acid groups (broad SMARTS) is 1. The van der Waals surface area contributed by atoms with E-state index in [1.807, 2.05) is 6.07 Å². The van der Waals surface area contributed by atoms with Gasteiger partial charge >= 0.3 is 12.1 Å². The monoisotopic (exact) mass is 533 g/mol. The zero-order valence-corrected chi connectivity index (χ0v) is 21.1. The molecule has 0 aliphatic heterocycles. The molecule has 0 spiro atoms. The van der Waals surface area contributed by atoms with E-state index in [9.17, 15) is 28.0 Å². The number of rotatable bonds is 10. The van der Waals surface area contributed by atoms with Crippen molar-refractivity contribution in [2.75, 3.05) is 32.7 Å². The molecule has 2 aromatic carbocycles. The number of carbonyl (C=O) groups excluding carboxylic acids is 1. The van der Waals surface area contributed by atoms with E-state index in [0.717, 1.165) is 6.07 Å². The van der Waals surface area contributed by atoms with Crippen LogP contribution in [0, 0.1) is 23.2 Å². The van der Waals surface area contributed by atoms with Gasteiger partial charge in [-0.25, -0.2) is 0 Å². The number of amides is 1. The molecule has 3 N–H and O–H groups in total. The Balaban J connectivity index is 1.80. The SMILES string of the molecule is COCC(Nc1ccc(C(=O)NCC2CCC(C(=O)O)CC2)cc1C(F)(F)F)c1cc(C#N)ccc1OC. The van der Waals surface area contributed by atoms with Crippen LogP contribution in [0.25, 0.3) is 0 Å². The third-order valence-electron chi connectivity index (χ3n) is 6.73. The van der Waals surface area contributed by atoms with E-state index in [1.165, 1.54) is 32.4 Å². The van der Waals surface area contributed by atoms with E-state index in [2.05, 4.69) is 10.6 Å². The first kappa shape index (κ1) is 28.8. The zero-order valence-electron chi connectivity index (χ0n) is 21.1. The van der Waals surface area contributed by atoms with E-state index < -0.39 is 29.7 Å². The highest BCUT2D eigenvalue weighted by molar-refractivity contribution is 5.95. The van der Waals surface area contributed by atoms with Gasteiger partial charge in [0.2, 0.25) is 0 Å². The molecule has 1 aliphatic rings. The van der Waals surface area contributed by atoms with Crippen molar-refractivity contribution in [3.8, 4) is 11.8 Å². The standard InChI is InChI=1S/C27H30F3N3O5/c1-37-15-23(20-11-17(13-31)5-10-24(20)38-2)33-22-9-8-19(12-21(22)27(28,29)30)25(34)32-14-16-3-6-18(7-4-16)26(35)36/h5,8-12,16,18,23,33H,3-4,6-7,14-15H2,1-2H3,(H,32,34)(H,35,36). The molecule has 1 amide bonds. The Morgan fingerprint density at radius 2 is 1.84 bits per heavy atom. The number of carbonyl (C=O) groups is 2. The lowest BCUT2D eigenvalue weighted by molar-refractivity contribution is -0.143. The fourth-order valence-corrected chi connectivity index (χ4v) is 4.64. The van der Waals surface area contributed by atoms with Crippen LogP contribution in [0.4, 0.5) is 18.9 Å². The second-order valence-electron chi connectivity index (χ2n) is 9.24. The van der Waals surface area contributed by atoms with E-state index in [4.69, 9.17) is 14.6 Å². The largest absolute Gasteiger partial charge is 0.496 e. The first-order chi connectivity index (χ1) is 18.1. The number of methoxy groups -OCH3 is 2. The van der Waals surface area contributed by atoms with Crippen LogP contribution in [0.2, 0.25) is 0 Å². The van der Waals surface area contributed by atoms with E-state index >= 15 is 0 Å². The van der Waals surface area contributed by atoms with Crippen LogP contribution in [0.5, 0.6) is 5.75 Å². The van der Waals surface area contributed by atoms with Crippen molar-refractivity contribution in [2.24, 2.45) is 11.8 Å². The lowest BCUT2D eigenvalue weighted by Gasteiger charge is -2.26. The number of nitrogens with zero attached hydrogens (tertiary/aromatic N) is 1. The molecule has 1 unspecified atom stereocenters. The summed E-state index contributed by atoms with van der Waals surface area (Å²) in [4.78, 5) is 23.8.